The number of aliphatic carboxylic acids is 1. The van der Waals surface area contributed by atoms with Crippen LogP contribution in [0.15, 0.2) is 48.5 Å². The molecule has 5 nitrogen and oxygen atoms in total. The van der Waals surface area contributed by atoms with E-state index < -0.39 is 5.97 Å². The molecular weight excluding hydrogens is 328 g/mol. The molecule has 3 aromatic rings. The second-order valence-corrected chi connectivity index (χ2v) is 5.01. The van der Waals surface area contributed by atoms with Gasteiger partial charge in [-0.1, -0.05) is 64.1 Å². The first-order valence-electron chi connectivity index (χ1n) is 8.86. The lowest BCUT2D eigenvalue weighted by molar-refractivity contribution is -0.134. The van der Waals surface area contributed by atoms with Crippen LogP contribution in [0.1, 0.15) is 45.0 Å². The molecule has 1 aliphatic rings. The Balaban J connectivity index is 0.000000370. The SMILES string of the molecule is CC.CC.CC(=O)O.O=C1Cc2ccccc2-c2nc3ccccc3n21. The average Bonchev–Trinajstić information content (AvgIpc) is 3.05. The number of carbonyl (C=O) groups is 2. The summed E-state index contributed by atoms with van der Waals surface area (Å²) in [7, 11) is 0. The van der Waals surface area contributed by atoms with Crippen molar-refractivity contribution >= 4 is 22.9 Å². The number of carboxylic acids is 1. The van der Waals surface area contributed by atoms with Gasteiger partial charge in [0, 0.05) is 12.5 Å². The van der Waals surface area contributed by atoms with Crippen LogP contribution in [-0.4, -0.2) is 26.5 Å². The van der Waals surface area contributed by atoms with Crippen LogP contribution in [0.4, 0.5) is 0 Å². The highest BCUT2D eigenvalue weighted by Crippen LogP contribution is 2.31. The van der Waals surface area contributed by atoms with Gasteiger partial charge in [0.15, 0.2) is 0 Å². The van der Waals surface area contributed by atoms with Gasteiger partial charge in [-0.25, -0.2) is 4.98 Å². The molecule has 0 spiro atoms. The number of hydrogen-bond donors (Lipinski definition) is 1. The lowest BCUT2D eigenvalue weighted by Crippen LogP contribution is -2.20. The summed E-state index contributed by atoms with van der Waals surface area (Å²) in [6, 6.07) is 15.7. The third kappa shape index (κ3) is 4.57. The van der Waals surface area contributed by atoms with Crippen molar-refractivity contribution in [1.29, 1.82) is 0 Å². The van der Waals surface area contributed by atoms with Gasteiger partial charge >= 0.3 is 0 Å². The van der Waals surface area contributed by atoms with E-state index in [1.165, 1.54) is 0 Å². The number of fused-ring (bicyclic) bond motifs is 5. The van der Waals surface area contributed by atoms with E-state index in [1.54, 1.807) is 4.57 Å². The van der Waals surface area contributed by atoms with Crippen molar-refractivity contribution in [2.24, 2.45) is 0 Å². The molecule has 26 heavy (non-hydrogen) atoms. The fourth-order valence-electron chi connectivity index (χ4n) is 2.59. The molecule has 0 saturated heterocycles. The standard InChI is InChI=1S/C15H10N2O.C2H4O2.2C2H6/c18-14-9-10-5-1-2-6-11(10)15-16-12-7-3-4-8-13(12)17(14)15;1-2(3)4;2*1-2/h1-8H,9H2;1H3,(H,3,4);2*1-2H3. The molecule has 0 saturated carbocycles. The topological polar surface area (TPSA) is 72.2 Å². The van der Waals surface area contributed by atoms with Crippen LogP contribution in [0.25, 0.3) is 22.4 Å². The molecule has 5 heteroatoms. The quantitative estimate of drug-likeness (QED) is 0.613. The van der Waals surface area contributed by atoms with Crippen LogP contribution in [0.5, 0.6) is 0 Å². The smallest absolute Gasteiger partial charge is 0.300 e. The van der Waals surface area contributed by atoms with E-state index in [1.807, 2.05) is 76.2 Å². The summed E-state index contributed by atoms with van der Waals surface area (Å²) in [4.78, 5) is 25.8. The van der Waals surface area contributed by atoms with Crippen LogP contribution in [-0.2, 0) is 11.2 Å². The van der Waals surface area contributed by atoms with E-state index in [0.717, 1.165) is 34.9 Å². The summed E-state index contributed by atoms with van der Waals surface area (Å²) in [6.07, 6.45) is 0.448. The van der Waals surface area contributed by atoms with Crippen molar-refractivity contribution < 1.29 is 14.7 Å². The van der Waals surface area contributed by atoms with Gasteiger partial charge in [0.05, 0.1) is 17.5 Å². The van der Waals surface area contributed by atoms with Crippen molar-refractivity contribution in [1.82, 2.24) is 9.55 Å². The minimum absolute atomic E-state index is 0.0948. The molecule has 4 rings (SSSR count). The minimum Gasteiger partial charge on any atom is -0.481 e. The van der Waals surface area contributed by atoms with E-state index in [9.17, 15) is 4.79 Å². The van der Waals surface area contributed by atoms with E-state index >= 15 is 0 Å². The van der Waals surface area contributed by atoms with Gasteiger partial charge in [-0.3, -0.25) is 14.2 Å². The number of imidazole rings is 1. The van der Waals surface area contributed by atoms with Gasteiger partial charge in [-0.05, 0) is 17.7 Å². The van der Waals surface area contributed by atoms with Crippen LogP contribution >= 0.6 is 0 Å². The van der Waals surface area contributed by atoms with Gasteiger partial charge in [0.25, 0.3) is 5.97 Å². The van der Waals surface area contributed by atoms with Crippen LogP contribution in [0.3, 0.4) is 0 Å². The maximum Gasteiger partial charge on any atom is 0.300 e. The molecule has 0 aliphatic carbocycles. The van der Waals surface area contributed by atoms with Gasteiger partial charge in [0.2, 0.25) is 5.91 Å². The zero-order valence-corrected chi connectivity index (χ0v) is 16.0. The molecule has 2 aromatic carbocycles. The van der Waals surface area contributed by atoms with Gasteiger partial charge in [-0.2, -0.15) is 0 Å². The number of carboxylic acid groups (broad SMARTS) is 1. The lowest BCUT2D eigenvalue weighted by atomic mass is 10.0. The van der Waals surface area contributed by atoms with E-state index in [0.29, 0.717) is 6.42 Å². The summed E-state index contributed by atoms with van der Waals surface area (Å²) < 4.78 is 1.73. The van der Waals surface area contributed by atoms with Crippen molar-refractivity contribution in [3.8, 4) is 11.4 Å². The second kappa shape index (κ2) is 10.1. The van der Waals surface area contributed by atoms with Crippen molar-refractivity contribution in [2.45, 2.75) is 41.0 Å². The number of para-hydroxylation sites is 2. The fourth-order valence-corrected chi connectivity index (χ4v) is 2.59. The summed E-state index contributed by atoms with van der Waals surface area (Å²) in [5.41, 5.74) is 3.89. The third-order valence-corrected chi connectivity index (χ3v) is 3.41. The van der Waals surface area contributed by atoms with Crippen molar-refractivity contribution in [2.75, 3.05) is 0 Å². The molecule has 138 valence electrons. The Labute approximate surface area is 154 Å². The number of carbonyl (C=O) groups excluding carboxylic acids is 1. The van der Waals surface area contributed by atoms with Crippen LogP contribution in [0.2, 0.25) is 0 Å². The Morgan fingerprint density at radius 1 is 1.00 bits per heavy atom. The highest BCUT2D eigenvalue weighted by atomic mass is 16.4. The van der Waals surface area contributed by atoms with Gasteiger partial charge < -0.3 is 5.11 Å². The summed E-state index contributed by atoms with van der Waals surface area (Å²) in [5.74, 6) is 0.0282. The Kier molecular flexibility index (Phi) is 8.22. The number of benzene rings is 2. The summed E-state index contributed by atoms with van der Waals surface area (Å²) in [6.45, 7) is 9.08. The van der Waals surface area contributed by atoms with Crippen LogP contribution < -0.4 is 0 Å². The Bertz CT molecular complexity index is 878. The maximum atomic E-state index is 12.2. The lowest BCUT2D eigenvalue weighted by Gasteiger charge is -2.16. The third-order valence-electron chi connectivity index (χ3n) is 3.41. The molecule has 0 amide bonds. The molecule has 0 atom stereocenters. The highest BCUT2D eigenvalue weighted by Gasteiger charge is 2.25. The van der Waals surface area contributed by atoms with Crippen molar-refractivity contribution in [3.63, 3.8) is 0 Å². The average molecular weight is 354 g/mol. The molecule has 1 aromatic heterocycles. The maximum absolute atomic E-state index is 12.2. The monoisotopic (exact) mass is 354 g/mol. The molecule has 1 aliphatic heterocycles. The molecule has 1 N–H and O–H groups in total. The molecule has 0 unspecified atom stereocenters. The number of aromatic nitrogens is 2. The largest absolute Gasteiger partial charge is 0.481 e. The van der Waals surface area contributed by atoms with E-state index in [2.05, 4.69) is 4.98 Å². The summed E-state index contributed by atoms with van der Waals surface area (Å²) in [5, 5.41) is 7.42. The zero-order chi connectivity index (χ0) is 19.7. The number of hydrogen-bond acceptors (Lipinski definition) is 3. The second-order valence-electron chi connectivity index (χ2n) is 5.01. The van der Waals surface area contributed by atoms with Gasteiger partial charge in [-0.15, -0.1) is 0 Å². The normalized spacial score (nSPS) is 10.7. The first-order valence-corrected chi connectivity index (χ1v) is 8.86. The van der Waals surface area contributed by atoms with Crippen LogP contribution in [0, 0.1) is 0 Å². The minimum atomic E-state index is -0.833. The molecular formula is C21H26N2O3. The summed E-state index contributed by atoms with van der Waals surface area (Å²) >= 11 is 0. The molecule has 0 fully saturated rings. The first kappa shape index (κ1) is 21.1. The Hall–Kier alpha value is -2.95. The van der Waals surface area contributed by atoms with E-state index in [-0.39, 0.29) is 5.91 Å². The molecule has 2 heterocycles. The Morgan fingerprint density at radius 2 is 1.54 bits per heavy atom. The Morgan fingerprint density at radius 3 is 2.19 bits per heavy atom. The molecule has 0 radical (unpaired) electrons. The van der Waals surface area contributed by atoms with E-state index in [4.69, 9.17) is 9.90 Å². The predicted molar refractivity (Wildman–Crippen MR) is 106 cm³/mol. The highest BCUT2D eigenvalue weighted by molar-refractivity contribution is 5.99. The fraction of sp³-hybridized carbons (Fsp3) is 0.286. The van der Waals surface area contributed by atoms with Crippen molar-refractivity contribution in [3.05, 3.63) is 54.1 Å². The number of rotatable bonds is 0. The first-order chi connectivity index (χ1) is 12.6. The zero-order valence-electron chi connectivity index (χ0n) is 16.0. The van der Waals surface area contributed by atoms with Gasteiger partial charge in [0.1, 0.15) is 5.82 Å². The molecule has 0 bridgehead atoms. The number of nitrogens with zero attached hydrogens (tertiary/aromatic N) is 2. The predicted octanol–water partition coefficient (Wildman–Crippen LogP) is 5.04.